The van der Waals surface area contributed by atoms with Gasteiger partial charge in [-0.3, -0.25) is 0 Å². The first kappa shape index (κ1) is 16.0. The fourth-order valence-corrected chi connectivity index (χ4v) is 2.55. The highest BCUT2D eigenvalue weighted by Crippen LogP contribution is 2.26. The molecule has 2 heterocycles. The molecule has 21 heavy (non-hydrogen) atoms. The first-order chi connectivity index (χ1) is 9.94. The van der Waals surface area contributed by atoms with E-state index in [2.05, 4.69) is 42.9 Å². The van der Waals surface area contributed by atoms with E-state index >= 15 is 0 Å². The van der Waals surface area contributed by atoms with Crippen molar-refractivity contribution in [3.63, 3.8) is 0 Å². The summed E-state index contributed by atoms with van der Waals surface area (Å²) in [5, 5.41) is 3.15. The number of nitrogens with one attached hydrogen (secondary N) is 1. The minimum absolute atomic E-state index is 0.0503. The predicted molar refractivity (Wildman–Crippen MR) is 87.1 cm³/mol. The zero-order valence-electron chi connectivity index (χ0n) is 13.9. The van der Waals surface area contributed by atoms with Crippen LogP contribution in [0.1, 0.15) is 46.4 Å². The molecule has 5 nitrogen and oxygen atoms in total. The summed E-state index contributed by atoms with van der Waals surface area (Å²) in [5.74, 6) is 2.79. The molecule has 1 N–H and O–H groups in total. The second kappa shape index (κ2) is 6.60. The standard InChI is InChI=1S/C16H28N4O/c1-6-21-12-7-9-20(10-8-12)14-11-13(17-5)18-15(19-14)16(2,3)4/h11-12H,6-10H2,1-5H3,(H,17,18,19). The van der Waals surface area contributed by atoms with Gasteiger partial charge in [0, 0.05) is 38.2 Å². The van der Waals surface area contributed by atoms with E-state index < -0.39 is 0 Å². The van der Waals surface area contributed by atoms with Gasteiger partial charge in [-0.1, -0.05) is 20.8 Å². The van der Waals surface area contributed by atoms with Crippen LogP contribution in [0.5, 0.6) is 0 Å². The van der Waals surface area contributed by atoms with E-state index in [0.29, 0.717) is 6.10 Å². The van der Waals surface area contributed by atoms with Crippen LogP contribution >= 0.6 is 0 Å². The second-order valence-corrected chi connectivity index (χ2v) is 6.58. The Morgan fingerprint density at radius 1 is 1.29 bits per heavy atom. The van der Waals surface area contributed by atoms with Crippen LogP contribution < -0.4 is 10.2 Å². The Labute approximate surface area is 128 Å². The molecule has 1 saturated heterocycles. The van der Waals surface area contributed by atoms with Crippen LogP contribution in [0.3, 0.4) is 0 Å². The van der Waals surface area contributed by atoms with Crippen LogP contribution in [0.2, 0.25) is 0 Å². The van der Waals surface area contributed by atoms with Gasteiger partial charge in [0.25, 0.3) is 0 Å². The topological polar surface area (TPSA) is 50.3 Å². The minimum Gasteiger partial charge on any atom is -0.378 e. The largest absolute Gasteiger partial charge is 0.378 e. The zero-order valence-corrected chi connectivity index (χ0v) is 13.9. The van der Waals surface area contributed by atoms with Gasteiger partial charge in [0.1, 0.15) is 17.5 Å². The van der Waals surface area contributed by atoms with Gasteiger partial charge in [0.05, 0.1) is 6.10 Å². The van der Waals surface area contributed by atoms with Gasteiger partial charge in [-0.15, -0.1) is 0 Å². The molecule has 118 valence electrons. The molecule has 1 aromatic heterocycles. The van der Waals surface area contributed by atoms with Crippen molar-refractivity contribution in [2.24, 2.45) is 0 Å². The Morgan fingerprint density at radius 3 is 2.48 bits per heavy atom. The lowest BCUT2D eigenvalue weighted by atomic mass is 9.95. The van der Waals surface area contributed by atoms with Gasteiger partial charge in [-0.25, -0.2) is 9.97 Å². The van der Waals surface area contributed by atoms with Crippen LogP contribution in [0.4, 0.5) is 11.6 Å². The molecule has 0 amide bonds. The van der Waals surface area contributed by atoms with E-state index in [0.717, 1.165) is 50.0 Å². The first-order valence-electron chi connectivity index (χ1n) is 7.88. The molecule has 0 atom stereocenters. The monoisotopic (exact) mass is 292 g/mol. The summed E-state index contributed by atoms with van der Waals surface area (Å²) in [6.07, 6.45) is 2.54. The molecular weight excluding hydrogens is 264 g/mol. The molecule has 0 aromatic carbocycles. The van der Waals surface area contributed by atoms with E-state index in [4.69, 9.17) is 9.72 Å². The van der Waals surface area contributed by atoms with E-state index in [1.807, 2.05) is 13.1 Å². The molecule has 0 aliphatic carbocycles. The van der Waals surface area contributed by atoms with Gasteiger partial charge in [-0.2, -0.15) is 0 Å². The maximum absolute atomic E-state index is 5.72. The third kappa shape index (κ3) is 4.06. The van der Waals surface area contributed by atoms with E-state index in [1.54, 1.807) is 0 Å². The van der Waals surface area contributed by atoms with Crippen molar-refractivity contribution in [2.45, 2.75) is 52.1 Å². The Morgan fingerprint density at radius 2 is 1.95 bits per heavy atom. The van der Waals surface area contributed by atoms with Crippen LogP contribution in [-0.4, -0.2) is 42.8 Å². The van der Waals surface area contributed by atoms with Crippen molar-refractivity contribution in [3.05, 3.63) is 11.9 Å². The van der Waals surface area contributed by atoms with Crippen molar-refractivity contribution >= 4 is 11.6 Å². The lowest BCUT2D eigenvalue weighted by Crippen LogP contribution is -2.38. The quantitative estimate of drug-likeness (QED) is 0.925. The summed E-state index contributed by atoms with van der Waals surface area (Å²) >= 11 is 0. The van der Waals surface area contributed by atoms with Crippen LogP contribution in [0.15, 0.2) is 6.07 Å². The number of rotatable bonds is 4. The predicted octanol–water partition coefficient (Wildman–Crippen LogP) is 2.82. The van der Waals surface area contributed by atoms with Gasteiger partial charge in [-0.05, 0) is 19.8 Å². The van der Waals surface area contributed by atoms with Crippen LogP contribution in [0, 0.1) is 0 Å². The van der Waals surface area contributed by atoms with Crippen molar-refractivity contribution in [1.82, 2.24) is 9.97 Å². The Hall–Kier alpha value is -1.36. The highest BCUT2D eigenvalue weighted by atomic mass is 16.5. The first-order valence-corrected chi connectivity index (χ1v) is 7.88. The summed E-state index contributed by atoms with van der Waals surface area (Å²) in [6, 6.07) is 2.04. The Kier molecular flexibility index (Phi) is 5.04. The summed E-state index contributed by atoms with van der Waals surface area (Å²) in [7, 11) is 1.90. The molecular formula is C16H28N4O. The lowest BCUT2D eigenvalue weighted by molar-refractivity contribution is 0.0458. The van der Waals surface area contributed by atoms with Crippen LogP contribution in [0.25, 0.3) is 0 Å². The van der Waals surface area contributed by atoms with Gasteiger partial charge < -0.3 is 15.0 Å². The number of hydrogen-bond acceptors (Lipinski definition) is 5. The summed E-state index contributed by atoms with van der Waals surface area (Å²) in [6.45, 7) is 11.3. The van der Waals surface area contributed by atoms with E-state index in [1.165, 1.54) is 0 Å². The third-order valence-corrected chi connectivity index (χ3v) is 3.81. The molecule has 1 fully saturated rings. The van der Waals surface area contributed by atoms with Crippen LogP contribution in [-0.2, 0) is 10.2 Å². The molecule has 0 radical (unpaired) electrons. The van der Waals surface area contributed by atoms with Gasteiger partial charge in [0.2, 0.25) is 0 Å². The van der Waals surface area contributed by atoms with Gasteiger partial charge >= 0.3 is 0 Å². The lowest BCUT2D eigenvalue weighted by Gasteiger charge is -2.33. The number of anilines is 2. The number of aromatic nitrogens is 2. The van der Waals surface area contributed by atoms with Crippen molar-refractivity contribution < 1.29 is 4.74 Å². The Balaban J connectivity index is 2.16. The maximum Gasteiger partial charge on any atom is 0.138 e. The smallest absolute Gasteiger partial charge is 0.138 e. The molecule has 1 aliphatic heterocycles. The molecule has 0 bridgehead atoms. The molecule has 0 unspecified atom stereocenters. The van der Waals surface area contributed by atoms with E-state index in [9.17, 15) is 0 Å². The molecule has 0 spiro atoms. The zero-order chi connectivity index (χ0) is 15.5. The normalized spacial score (nSPS) is 17.1. The minimum atomic E-state index is -0.0503. The summed E-state index contributed by atoms with van der Waals surface area (Å²) < 4.78 is 5.72. The van der Waals surface area contributed by atoms with Crippen molar-refractivity contribution in [2.75, 3.05) is 37.0 Å². The maximum atomic E-state index is 5.72. The molecule has 1 aliphatic rings. The van der Waals surface area contributed by atoms with Gasteiger partial charge in [0.15, 0.2) is 0 Å². The summed E-state index contributed by atoms with van der Waals surface area (Å²) in [4.78, 5) is 11.7. The van der Waals surface area contributed by atoms with E-state index in [-0.39, 0.29) is 5.41 Å². The fraction of sp³-hybridized carbons (Fsp3) is 0.750. The van der Waals surface area contributed by atoms with Crippen molar-refractivity contribution in [3.8, 4) is 0 Å². The summed E-state index contributed by atoms with van der Waals surface area (Å²) in [5.41, 5.74) is -0.0503. The number of hydrogen-bond donors (Lipinski definition) is 1. The Bertz CT molecular complexity index is 462. The third-order valence-electron chi connectivity index (χ3n) is 3.81. The molecule has 1 aromatic rings. The fourth-order valence-electron chi connectivity index (χ4n) is 2.55. The number of nitrogens with zero attached hydrogens (tertiary/aromatic N) is 3. The average Bonchev–Trinajstić information content (AvgIpc) is 2.47. The average molecular weight is 292 g/mol. The SMILES string of the molecule is CCOC1CCN(c2cc(NC)nc(C(C)(C)C)n2)CC1. The highest BCUT2D eigenvalue weighted by molar-refractivity contribution is 5.50. The highest BCUT2D eigenvalue weighted by Gasteiger charge is 2.24. The second-order valence-electron chi connectivity index (χ2n) is 6.58. The van der Waals surface area contributed by atoms with Crippen molar-refractivity contribution in [1.29, 1.82) is 0 Å². The number of piperidine rings is 1. The molecule has 5 heteroatoms. The molecule has 2 rings (SSSR count). The molecule has 0 saturated carbocycles. The number of ether oxygens (including phenoxy) is 1.